The van der Waals surface area contributed by atoms with Crippen LogP contribution in [0, 0.1) is 0 Å². The fourth-order valence-corrected chi connectivity index (χ4v) is 4.45. The van der Waals surface area contributed by atoms with Gasteiger partial charge in [-0.25, -0.2) is 4.79 Å². The van der Waals surface area contributed by atoms with E-state index in [0.29, 0.717) is 22.1 Å². The molecule has 0 bridgehead atoms. The summed E-state index contributed by atoms with van der Waals surface area (Å²) in [5, 5.41) is 3.45. The van der Waals surface area contributed by atoms with Gasteiger partial charge in [-0.2, -0.15) is 0 Å². The number of methoxy groups -OCH3 is 3. The van der Waals surface area contributed by atoms with Gasteiger partial charge in [0.2, 0.25) is 5.91 Å². The molecule has 1 aromatic heterocycles. The van der Waals surface area contributed by atoms with E-state index < -0.39 is 5.97 Å². The number of benzene rings is 1. The molecule has 0 unspecified atom stereocenters. The van der Waals surface area contributed by atoms with Gasteiger partial charge in [-0.15, -0.1) is 11.3 Å². The first kappa shape index (κ1) is 18.3. The lowest BCUT2D eigenvalue weighted by molar-refractivity contribution is -0.115. The number of hydrogen-bond acceptors (Lipinski definition) is 6. The minimum Gasteiger partial charge on any atom is -0.493 e. The number of carbonyl (C=O) groups is 2. The van der Waals surface area contributed by atoms with Gasteiger partial charge >= 0.3 is 5.97 Å². The van der Waals surface area contributed by atoms with Gasteiger partial charge in [0, 0.05) is 4.88 Å². The minimum atomic E-state index is -0.397. The average molecular weight is 375 g/mol. The van der Waals surface area contributed by atoms with Crippen molar-refractivity contribution in [3.63, 3.8) is 0 Å². The van der Waals surface area contributed by atoms with Crippen molar-refractivity contribution >= 4 is 28.2 Å². The zero-order valence-electron chi connectivity index (χ0n) is 15.0. The molecule has 1 N–H and O–H groups in total. The Kier molecular flexibility index (Phi) is 5.46. The summed E-state index contributed by atoms with van der Waals surface area (Å²) in [5.41, 5.74) is 2.32. The van der Waals surface area contributed by atoms with Crippen molar-refractivity contribution in [3.8, 4) is 11.5 Å². The molecule has 1 aliphatic rings. The second-order valence-corrected chi connectivity index (χ2v) is 7.07. The van der Waals surface area contributed by atoms with E-state index in [9.17, 15) is 9.59 Å². The number of nitrogens with one attached hydrogen (secondary N) is 1. The normalized spacial score (nSPS) is 12.4. The van der Waals surface area contributed by atoms with Crippen molar-refractivity contribution in [2.24, 2.45) is 0 Å². The van der Waals surface area contributed by atoms with Crippen LogP contribution < -0.4 is 14.8 Å². The molecule has 26 heavy (non-hydrogen) atoms. The fourth-order valence-electron chi connectivity index (χ4n) is 3.16. The van der Waals surface area contributed by atoms with Gasteiger partial charge in [-0.05, 0) is 42.5 Å². The number of esters is 1. The Morgan fingerprint density at radius 2 is 1.88 bits per heavy atom. The van der Waals surface area contributed by atoms with Crippen LogP contribution in [0.3, 0.4) is 0 Å². The number of rotatable bonds is 6. The van der Waals surface area contributed by atoms with Crippen LogP contribution in [0.25, 0.3) is 0 Å². The number of thiophene rings is 1. The van der Waals surface area contributed by atoms with Crippen LogP contribution in [-0.2, 0) is 28.8 Å². The summed E-state index contributed by atoms with van der Waals surface area (Å²) in [7, 11) is 4.47. The molecular weight excluding hydrogens is 354 g/mol. The molecule has 3 rings (SSSR count). The molecule has 138 valence electrons. The Balaban J connectivity index is 1.78. The van der Waals surface area contributed by atoms with Crippen molar-refractivity contribution < 1.29 is 23.8 Å². The smallest absolute Gasteiger partial charge is 0.341 e. The molecule has 6 nitrogen and oxygen atoms in total. The molecule has 0 fully saturated rings. The molecular formula is C19H21NO5S. The van der Waals surface area contributed by atoms with E-state index in [2.05, 4.69) is 5.32 Å². The number of aryl methyl sites for hydroxylation is 1. The standard InChI is InChI=1S/C19H21NO5S/c1-23-13-8-7-11(9-14(13)24-2)10-16(21)20-18-17(19(22)25-3)12-5-4-6-15(12)26-18/h7-9H,4-6,10H2,1-3H3,(H,20,21). The number of anilines is 1. The molecule has 0 atom stereocenters. The van der Waals surface area contributed by atoms with E-state index in [0.717, 1.165) is 35.3 Å². The Bertz CT molecular complexity index is 843. The monoisotopic (exact) mass is 375 g/mol. The summed E-state index contributed by atoms with van der Waals surface area (Å²) in [6.45, 7) is 0. The number of carbonyl (C=O) groups excluding carboxylic acids is 2. The van der Waals surface area contributed by atoms with Crippen LogP contribution in [0.5, 0.6) is 11.5 Å². The van der Waals surface area contributed by atoms with Gasteiger partial charge < -0.3 is 19.5 Å². The van der Waals surface area contributed by atoms with Crippen LogP contribution in [-0.4, -0.2) is 33.2 Å². The lowest BCUT2D eigenvalue weighted by Crippen LogP contribution is -2.16. The van der Waals surface area contributed by atoms with E-state index in [1.165, 1.54) is 18.4 Å². The van der Waals surface area contributed by atoms with Crippen LogP contribution in [0.2, 0.25) is 0 Å². The number of fused-ring (bicyclic) bond motifs is 1. The predicted molar refractivity (Wildman–Crippen MR) is 99.6 cm³/mol. The predicted octanol–water partition coefficient (Wildman–Crippen LogP) is 3.22. The van der Waals surface area contributed by atoms with Crippen LogP contribution in [0.15, 0.2) is 18.2 Å². The molecule has 0 saturated carbocycles. The molecule has 1 heterocycles. The van der Waals surface area contributed by atoms with Crippen LogP contribution >= 0.6 is 11.3 Å². The van der Waals surface area contributed by atoms with Crippen molar-refractivity contribution in [1.29, 1.82) is 0 Å². The molecule has 0 radical (unpaired) electrons. The molecule has 2 aromatic rings. The molecule has 0 spiro atoms. The van der Waals surface area contributed by atoms with Gasteiger partial charge in [0.05, 0.1) is 33.3 Å². The summed E-state index contributed by atoms with van der Waals surface area (Å²) in [6.07, 6.45) is 2.99. The topological polar surface area (TPSA) is 73.9 Å². The van der Waals surface area contributed by atoms with Crippen molar-refractivity contribution in [3.05, 3.63) is 39.8 Å². The van der Waals surface area contributed by atoms with Crippen LogP contribution in [0.1, 0.15) is 32.8 Å². The molecule has 1 aliphatic carbocycles. The van der Waals surface area contributed by atoms with Gasteiger partial charge in [0.25, 0.3) is 0 Å². The summed E-state index contributed by atoms with van der Waals surface area (Å²) in [5.74, 6) is 0.593. The quantitative estimate of drug-likeness (QED) is 0.785. The largest absolute Gasteiger partial charge is 0.493 e. The van der Waals surface area contributed by atoms with Crippen molar-refractivity contribution in [1.82, 2.24) is 0 Å². The third-order valence-electron chi connectivity index (χ3n) is 4.38. The lowest BCUT2D eigenvalue weighted by atomic mass is 10.1. The van der Waals surface area contributed by atoms with E-state index in [-0.39, 0.29) is 12.3 Å². The fraction of sp³-hybridized carbons (Fsp3) is 0.368. The summed E-state index contributed by atoms with van der Waals surface area (Å²) < 4.78 is 15.4. The maximum absolute atomic E-state index is 12.5. The molecule has 0 saturated heterocycles. The summed E-state index contributed by atoms with van der Waals surface area (Å²) in [6, 6.07) is 5.35. The molecule has 0 aliphatic heterocycles. The van der Waals surface area contributed by atoms with Crippen LogP contribution in [0.4, 0.5) is 5.00 Å². The number of ether oxygens (including phenoxy) is 3. The van der Waals surface area contributed by atoms with Crippen molar-refractivity contribution in [2.75, 3.05) is 26.6 Å². The first-order valence-electron chi connectivity index (χ1n) is 8.31. The first-order chi connectivity index (χ1) is 12.6. The SMILES string of the molecule is COC(=O)c1c(NC(=O)Cc2ccc(OC)c(OC)c2)sc2c1CCC2. The Morgan fingerprint density at radius 3 is 2.58 bits per heavy atom. The van der Waals surface area contributed by atoms with Gasteiger partial charge in [0.15, 0.2) is 11.5 Å². The maximum Gasteiger partial charge on any atom is 0.341 e. The zero-order valence-corrected chi connectivity index (χ0v) is 15.8. The average Bonchev–Trinajstić information content (AvgIpc) is 3.21. The summed E-state index contributed by atoms with van der Waals surface area (Å²) >= 11 is 1.47. The first-order valence-corrected chi connectivity index (χ1v) is 9.12. The summed E-state index contributed by atoms with van der Waals surface area (Å²) in [4.78, 5) is 25.8. The van der Waals surface area contributed by atoms with E-state index in [4.69, 9.17) is 14.2 Å². The van der Waals surface area contributed by atoms with E-state index in [1.807, 2.05) is 6.07 Å². The number of amides is 1. The highest BCUT2D eigenvalue weighted by atomic mass is 32.1. The highest BCUT2D eigenvalue weighted by molar-refractivity contribution is 7.17. The Morgan fingerprint density at radius 1 is 1.12 bits per heavy atom. The Hall–Kier alpha value is -2.54. The van der Waals surface area contributed by atoms with Crippen molar-refractivity contribution in [2.45, 2.75) is 25.7 Å². The lowest BCUT2D eigenvalue weighted by Gasteiger charge is -2.10. The van der Waals surface area contributed by atoms with Gasteiger partial charge in [-0.3, -0.25) is 4.79 Å². The highest BCUT2D eigenvalue weighted by Gasteiger charge is 2.28. The second kappa shape index (κ2) is 7.78. The third-order valence-corrected chi connectivity index (χ3v) is 5.58. The molecule has 7 heteroatoms. The Labute approximate surface area is 156 Å². The van der Waals surface area contributed by atoms with E-state index in [1.54, 1.807) is 26.4 Å². The van der Waals surface area contributed by atoms with Gasteiger partial charge in [0.1, 0.15) is 5.00 Å². The highest BCUT2D eigenvalue weighted by Crippen LogP contribution is 2.39. The van der Waals surface area contributed by atoms with E-state index >= 15 is 0 Å². The van der Waals surface area contributed by atoms with Gasteiger partial charge in [-0.1, -0.05) is 6.07 Å². The maximum atomic E-state index is 12.5. The molecule has 1 amide bonds. The molecule has 1 aromatic carbocycles. The third kappa shape index (κ3) is 3.53. The second-order valence-electron chi connectivity index (χ2n) is 5.97. The number of hydrogen-bond donors (Lipinski definition) is 1. The minimum absolute atomic E-state index is 0.170. The zero-order chi connectivity index (χ0) is 18.7.